The van der Waals surface area contributed by atoms with Gasteiger partial charge in [0.05, 0.1) is 6.10 Å². The first-order valence-electron chi connectivity index (χ1n) is 8.47. The molecule has 0 bridgehead atoms. The molecule has 21 heavy (non-hydrogen) atoms. The highest BCUT2D eigenvalue weighted by Crippen LogP contribution is 2.48. The fourth-order valence-electron chi connectivity index (χ4n) is 4.00. The van der Waals surface area contributed by atoms with E-state index in [0.717, 1.165) is 24.3 Å². The second-order valence-corrected chi connectivity index (χ2v) is 7.06. The molecule has 1 unspecified atom stereocenters. The minimum atomic E-state index is -0.425. The largest absolute Gasteiger partial charge is 0.388 e. The van der Waals surface area contributed by atoms with Gasteiger partial charge in [-0.25, -0.2) is 0 Å². The second kappa shape index (κ2) is 6.93. The number of hydrogen-bond donors (Lipinski definition) is 2. The van der Waals surface area contributed by atoms with E-state index in [1.165, 1.54) is 36.8 Å². The number of nitrogens with two attached hydrogens (primary N) is 1. The van der Waals surface area contributed by atoms with Crippen LogP contribution in [0.4, 0.5) is 0 Å². The Morgan fingerprint density at radius 1 is 1.29 bits per heavy atom. The van der Waals surface area contributed by atoms with Crippen molar-refractivity contribution in [3.8, 4) is 0 Å². The van der Waals surface area contributed by atoms with Crippen molar-refractivity contribution in [2.45, 2.75) is 65.4 Å². The molecule has 0 radical (unpaired) electrons. The van der Waals surface area contributed by atoms with Gasteiger partial charge < -0.3 is 10.8 Å². The zero-order valence-corrected chi connectivity index (χ0v) is 13.9. The van der Waals surface area contributed by atoms with Crippen LogP contribution < -0.4 is 5.73 Å². The number of rotatable bonds is 5. The minimum Gasteiger partial charge on any atom is -0.388 e. The third-order valence-electron chi connectivity index (χ3n) is 5.50. The molecule has 1 aliphatic carbocycles. The molecule has 1 aromatic carbocycles. The molecule has 3 N–H and O–H groups in total. The molecule has 1 aliphatic rings. The lowest BCUT2D eigenvalue weighted by Crippen LogP contribution is -2.40. The molecule has 0 aromatic heterocycles. The van der Waals surface area contributed by atoms with Crippen LogP contribution in [-0.4, -0.2) is 11.7 Å². The normalized spacial score (nSPS) is 27.6. The summed E-state index contributed by atoms with van der Waals surface area (Å²) in [6, 6.07) is 6.34. The Labute approximate surface area is 129 Å². The predicted octanol–water partition coefficient (Wildman–Crippen LogP) is 4.27. The standard InChI is InChI=1S/C19H31NO/c1-4-5-16-8-10-19(13-20,11-9-16)18(21)17-7-6-14(2)12-15(17)3/h6-7,12,16,18,21H,4-5,8-11,13,20H2,1-3H3. The van der Waals surface area contributed by atoms with E-state index in [9.17, 15) is 5.11 Å². The quantitative estimate of drug-likeness (QED) is 0.850. The van der Waals surface area contributed by atoms with Crippen molar-refractivity contribution in [1.82, 2.24) is 0 Å². The van der Waals surface area contributed by atoms with Crippen LogP contribution >= 0.6 is 0 Å². The van der Waals surface area contributed by atoms with Crippen LogP contribution in [0, 0.1) is 25.2 Å². The lowest BCUT2D eigenvalue weighted by Gasteiger charge is -2.43. The summed E-state index contributed by atoms with van der Waals surface area (Å²) < 4.78 is 0. The summed E-state index contributed by atoms with van der Waals surface area (Å²) in [6.07, 6.45) is 6.71. The van der Waals surface area contributed by atoms with Gasteiger partial charge in [0, 0.05) is 12.0 Å². The molecular weight excluding hydrogens is 258 g/mol. The van der Waals surface area contributed by atoms with Gasteiger partial charge in [-0.3, -0.25) is 0 Å². The van der Waals surface area contributed by atoms with Gasteiger partial charge in [-0.2, -0.15) is 0 Å². The van der Waals surface area contributed by atoms with Crippen molar-refractivity contribution < 1.29 is 5.11 Å². The van der Waals surface area contributed by atoms with Crippen LogP contribution in [-0.2, 0) is 0 Å². The number of aliphatic hydroxyl groups excluding tert-OH is 1. The maximum atomic E-state index is 11.0. The Bertz CT molecular complexity index is 461. The predicted molar refractivity (Wildman–Crippen MR) is 89.2 cm³/mol. The van der Waals surface area contributed by atoms with Gasteiger partial charge in [0.15, 0.2) is 0 Å². The van der Waals surface area contributed by atoms with Crippen molar-refractivity contribution in [3.05, 3.63) is 34.9 Å². The zero-order chi connectivity index (χ0) is 15.5. The number of aliphatic hydroxyl groups is 1. The third-order valence-corrected chi connectivity index (χ3v) is 5.50. The molecule has 0 aliphatic heterocycles. The first-order chi connectivity index (χ1) is 10.0. The van der Waals surface area contributed by atoms with E-state index in [-0.39, 0.29) is 5.41 Å². The van der Waals surface area contributed by atoms with E-state index in [1.807, 2.05) is 0 Å². The third kappa shape index (κ3) is 3.49. The van der Waals surface area contributed by atoms with Gasteiger partial charge in [-0.15, -0.1) is 0 Å². The SMILES string of the molecule is CCCC1CCC(CN)(C(O)c2ccc(C)cc2C)CC1. The van der Waals surface area contributed by atoms with E-state index < -0.39 is 6.10 Å². The van der Waals surface area contributed by atoms with Gasteiger partial charge in [0.25, 0.3) is 0 Å². The molecular formula is C19H31NO. The maximum Gasteiger partial charge on any atom is 0.0860 e. The van der Waals surface area contributed by atoms with Crippen molar-refractivity contribution in [2.75, 3.05) is 6.54 Å². The lowest BCUT2D eigenvalue weighted by atomic mass is 9.65. The Morgan fingerprint density at radius 3 is 2.48 bits per heavy atom. The molecule has 1 atom stereocenters. The van der Waals surface area contributed by atoms with Crippen LogP contribution in [0.1, 0.15) is 68.2 Å². The molecule has 118 valence electrons. The second-order valence-electron chi connectivity index (χ2n) is 7.06. The van der Waals surface area contributed by atoms with E-state index in [0.29, 0.717) is 6.54 Å². The molecule has 2 rings (SSSR count). The first-order valence-corrected chi connectivity index (χ1v) is 8.47. The number of hydrogen-bond acceptors (Lipinski definition) is 2. The summed E-state index contributed by atoms with van der Waals surface area (Å²) in [4.78, 5) is 0. The molecule has 2 heteroatoms. The van der Waals surface area contributed by atoms with Gasteiger partial charge in [0.2, 0.25) is 0 Å². The van der Waals surface area contributed by atoms with Gasteiger partial charge in [0.1, 0.15) is 0 Å². The van der Waals surface area contributed by atoms with E-state index in [4.69, 9.17) is 5.73 Å². The van der Waals surface area contributed by atoms with Gasteiger partial charge in [-0.1, -0.05) is 43.5 Å². The summed E-state index contributed by atoms with van der Waals surface area (Å²) in [5, 5.41) is 11.0. The van der Waals surface area contributed by atoms with Crippen LogP contribution in [0.3, 0.4) is 0 Å². The summed E-state index contributed by atoms with van der Waals surface area (Å²) in [5.41, 5.74) is 9.50. The summed E-state index contributed by atoms with van der Waals surface area (Å²) in [6.45, 7) is 7.03. The van der Waals surface area contributed by atoms with E-state index >= 15 is 0 Å². The first kappa shape index (κ1) is 16.5. The van der Waals surface area contributed by atoms with Gasteiger partial charge in [-0.05, 0) is 56.6 Å². The van der Waals surface area contributed by atoms with Crippen LogP contribution in [0.2, 0.25) is 0 Å². The summed E-state index contributed by atoms with van der Waals surface area (Å²) in [5.74, 6) is 0.834. The average Bonchev–Trinajstić information content (AvgIpc) is 2.48. The average molecular weight is 289 g/mol. The Balaban J connectivity index is 2.17. The molecule has 0 saturated heterocycles. The molecule has 2 nitrogen and oxygen atoms in total. The van der Waals surface area contributed by atoms with Gasteiger partial charge >= 0.3 is 0 Å². The molecule has 1 saturated carbocycles. The maximum absolute atomic E-state index is 11.0. The van der Waals surface area contributed by atoms with E-state index in [2.05, 4.69) is 39.0 Å². The summed E-state index contributed by atoms with van der Waals surface area (Å²) >= 11 is 0. The molecule has 0 heterocycles. The molecule has 1 aromatic rings. The smallest absolute Gasteiger partial charge is 0.0860 e. The highest BCUT2D eigenvalue weighted by atomic mass is 16.3. The van der Waals surface area contributed by atoms with Crippen molar-refractivity contribution in [2.24, 2.45) is 17.1 Å². The topological polar surface area (TPSA) is 46.2 Å². The molecule has 1 fully saturated rings. The fraction of sp³-hybridized carbons (Fsp3) is 0.684. The van der Waals surface area contributed by atoms with Crippen LogP contribution in [0.25, 0.3) is 0 Å². The summed E-state index contributed by atoms with van der Waals surface area (Å²) in [7, 11) is 0. The highest BCUT2D eigenvalue weighted by Gasteiger charge is 2.41. The van der Waals surface area contributed by atoms with Crippen LogP contribution in [0.5, 0.6) is 0 Å². The lowest BCUT2D eigenvalue weighted by molar-refractivity contribution is -0.0112. The van der Waals surface area contributed by atoms with Crippen molar-refractivity contribution in [3.63, 3.8) is 0 Å². The van der Waals surface area contributed by atoms with Crippen LogP contribution in [0.15, 0.2) is 18.2 Å². The Morgan fingerprint density at radius 2 is 1.95 bits per heavy atom. The number of aryl methyl sites for hydroxylation is 2. The van der Waals surface area contributed by atoms with E-state index in [1.54, 1.807) is 0 Å². The zero-order valence-electron chi connectivity index (χ0n) is 13.9. The molecule has 0 amide bonds. The van der Waals surface area contributed by atoms with Crippen molar-refractivity contribution in [1.29, 1.82) is 0 Å². The number of benzene rings is 1. The van der Waals surface area contributed by atoms with Crippen molar-refractivity contribution >= 4 is 0 Å². The fourth-order valence-corrected chi connectivity index (χ4v) is 4.00. The molecule has 0 spiro atoms. The Kier molecular flexibility index (Phi) is 5.45. The highest BCUT2D eigenvalue weighted by molar-refractivity contribution is 5.33. The Hall–Kier alpha value is -0.860. The monoisotopic (exact) mass is 289 g/mol. The minimum absolute atomic E-state index is 0.121.